The van der Waals surface area contributed by atoms with E-state index in [9.17, 15) is 4.79 Å². The van der Waals surface area contributed by atoms with E-state index in [1.54, 1.807) is 10.6 Å². The highest BCUT2D eigenvalue weighted by Gasteiger charge is 2.21. The van der Waals surface area contributed by atoms with Crippen molar-refractivity contribution < 1.29 is 0 Å². The van der Waals surface area contributed by atoms with E-state index in [0.29, 0.717) is 11.8 Å². The van der Waals surface area contributed by atoms with E-state index < -0.39 is 0 Å². The standard InChI is InChI=1S/C23H29N3O/c1-14(2)22-19-13-17(16-9-11-24-12-10-16)5-7-20(19)25-23(22)18-6-8-21(27)26(4)15(18)3/h5-8,13-14,16,24-25H,9-12H2,1-4H3. The summed E-state index contributed by atoms with van der Waals surface area (Å²) in [5.41, 5.74) is 7.27. The number of rotatable bonds is 3. The number of nitrogens with zero attached hydrogens (tertiary/aromatic N) is 1. The van der Waals surface area contributed by atoms with E-state index in [1.807, 2.05) is 20.0 Å². The number of aromatic nitrogens is 2. The maximum atomic E-state index is 12.0. The molecule has 3 heterocycles. The minimum Gasteiger partial charge on any atom is -0.354 e. The highest BCUT2D eigenvalue weighted by molar-refractivity contribution is 5.92. The molecular weight excluding hydrogens is 334 g/mol. The first-order valence-electron chi connectivity index (χ1n) is 10.0. The van der Waals surface area contributed by atoms with Gasteiger partial charge in [0.1, 0.15) is 0 Å². The molecule has 27 heavy (non-hydrogen) atoms. The molecule has 1 saturated heterocycles. The maximum absolute atomic E-state index is 12.0. The molecule has 4 heteroatoms. The van der Waals surface area contributed by atoms with Crippen LogP contribution in [-0.4, -0.2) is 22.6 Å². The first kappa shape index (κ1) is 18.1. The fourth-order valence-corrected chi connectivity index (χ4v) is 4.45. The van der Waals surface area contributed by atoms with Crippen LogP contribution in [0.2, 0.25) is 0 Å². The number of benzene rings is 1. The van der Waals surface area contributed by atoms with Gasteiger partial charge in [-0.1, -0.05) is 19.9 Å². The Kier molecular flexibility index (Phi) is 4.68. The smallest absolute Gasteiger partial charge is 0.250 e. The summed E-state index contributed by atoms with van der Waals surface area (Å²) in [5, 5.41) is 4.78. The van der Waals surface area contributed by atoms with Gasteiger partial charge in [0.15, 0.2) is 0 Å². The highest BCUT2D eigenvalue weighted by Crippen LogP contribution is 2.38. The van der Waals surface area contributed by atoms with Gasteiger partial charge in [-0.15, -0.1) is 0 Å². The first-order valence-corrected chi connectivity index (χ1v) is 10.0. The van der Waals surface area contributed by atoms with Crippen LogP contribution in [0.15, 0.2) is 35.1 Å². The van der Waals surface area contributed by atoms with Gasteiger partial charge in [-0.05, 0) is 74.0 Å². The highest BCUT2D eigenvalue weighted by atomic mass is 16.1. The summed E-state index contributed by atoms with van der Waals surface area (Å²) in [6, 6.07) is 10.5. The molecule has 4 nitrogen and oxygen atoms in total. The van der Waals surface area contributed by atoms with E-state index in [4.69, 9.17) is 0 Å². The predicted octanol–water partition coefficient (Wildman–Crippen LogP) is 4.43. The molecule has 0 aliphatic carbocycles. The molecule has 2 N–H and O–H groups in total. The molecule has 142 valence electrons. The van der Waals surface area contributed by atoms with Gasteiger partial charge >= 0.3 is 0 Å². The van der Waals surface area contributed by atoms with Gasteiger partial charge in [0.25, 0.3) is 0 Å². The van der Waals surface area contributed by atoms with E-state index in [0.717, 1.165) is 30.0 Å². The molecule has 0 atom stereocenters. The van der Waals surface area contributed by atoms with E-state index >= 15 is 0 Å². The Labute approximate surface area is 160 Å². The zero-order chi connectivity index (χ0) is 19.1. The average molecular weight is 364 g/mol. The largest absolute Gasteiger partial charge is 0.354 e. The van der Waals surface area contributed by atoms with Crippen LogP contribution in [0.4, 0.5) is 0 Å². The van der Waals surface area contributed by atoms with Gasteiger partial charge in [-0.3, -0.25) is 4.79 Å². The van der Waals surface area contributed by atoms with Crippen molar-refractivity contribution in [3.05, 3.63) is 57.5 Å². The molecule has 1 fully saturated rings. The summed E-state index contributed by atoms with van der Waals surface area (Å²) in [5.74, 6) is 1.04. The van der Waals surface area contributed by atoms with Crippen molar-refractivity contribution in [2.45, 2.75) is 45.4 Å². The molecule has 0 unspecified atom stereocenters. The minimum atomic E-state index is 0.0339. The van der Waals surface area contributed by atoms with Gasteiger partial charge in [0, 0.05) is 35.3 Å². The SMILES string of the molecule is Cc1c(-c2[nH]c3ccc(C4CCNCC4)cc3c2C(C)C)ccc(=O)n1C. The lowest BCUT2D eigenvalue weighted by atomic mass is 9.88. The molecule has 4 rings (SSSR count). The summed E-state index contributed by atoms with van der Waals surface area (Å²) in [6.07, 6.45) is 2.42. The number of hydrogen-bond acceptors (Lipinski definition) is 2. The van der Waals surface area contributed by atoms with Gasteiger partial charge in [-0.25, -0.2) is 0 Å². The number of fused-ring (bicyclic) bond motifs is 1. The van der Waals surface area contributed by atoms with Crippen LogP contribution >= 0.6 is 0 Å². The Bertz CT molecular complexity index is 1040. The van der Waals surface area contributed by atoms with Crippen LogP contribution in [0.1, 0.15) is 55.3 Å². The van der Waals surface area contributed by atoms with Crippen molar-refractivity contribution in [1.29, 1.82) is 0 Å². The molecule has 0 radical (unpaired) electrons. The summed E-state index contributed by atoms with van der Waals surface area (Å²) in [7, 11) is 1.84. The Morgan fingerprint density at radius 2 is 1.85 bits per heavy atom. The molecule has 0 bridgehead atoms. The molecule has 1 aromatic carbocycles. The van der Waals surface area contributed by atoms with Crippen LogP contribution in [-0.2, 0) is 7.05 Å². The number of aromatic amines is 1. The third-order valence-corrected chi connectivity index (χ3v) is 6.14. The fourth-order valence-electron chi connectivity index (χ4n) is 4.45. The van der Waals surface area contributed by atoms with Crippen molar-refractivity contribution in [2.75, 3.05) is 13.1 Å². The topological polar surface area (TPSA) is 49.8 Å². The molecule has 0 amide bonds. The molecular formula is C23H29N3O. The van der Waals surface area contributed by atoms with E-state index in [2.05, 4.69) is 42.3 Å². The lowest BCUT2D eigenvalue weighted by Crippen LogP contribution is -2.26. The zero-order valence-electron chi connectivity index (χ0n) is 16.7. The van der Waals surface area contributed by atoms with Crippen molar-refractivity contribution >= 4 is 10.9 Å². The molecule has 2 aromatic heterocycles. The summed E-state index contributed by atoms with van der Waals surface area (Å²) in [6.45, 7) is 8.73. The Balaban J connectivity index is 1.90. The van der Waals surface area contributed by atoms with Crippen molar-refractivity contribution in [3.8, 4) is 11.3 Å². The maximum Gasteiger partial charge on any atom is 0.250 e. The number of H-pyrrole nitrogens is 1. The lowest BCUT2D eigenvalue weighted by Gasteiger charge is -2.23. The van der Waals surface area contributed by atoms with Gasteiger partial charge in [0.05, 0.1) is 5.69 Å². The summed E-state index contributed by atoms with van der Waals surface area (Å²) >= 11 is 0. The lowest BCUT2D eigenvalue weighted by molar-refractivity contribution is 0.460. The molecule has 0 saturated carbocycles. The molecule has 1 aliphatic heterocycles. The van der Waals surface area contributed by atoms with Gasteiger partial charge in [0.2, 0.25) is 5.56 Å². The van der Waals surface area contributed by atoms with Gasteiger partial charge in [-0.2, -0.15) is 0 Å². The van der Waals surface area contributed by atoms with Gasteiger partial charge < -0.3 is 14.9 Å². The Morgan fingerprint density at radius 1 is 1.11 bits per heavy atom. The first-order chi connectivity index (χ1) is 13.0. The second kappa shape index (κ2) is 7.01. The monoisotopic (exact) mass is 363 g/mol. The molecule has 0 spiro atoms. The van der Waals surface area contributed by atoms with Crippen LogP contribution in [0, 0.1) is 6.92 Å². The van der Waals surface area contributed by atoms with E-state index in [1.165, 1.54) is 34.9 Å². The molecule has 1 aliphatic rings. The summed E-state index contributed by atoms with van der Waals surface area (Å²) < 4.78 is 1.73. The predicted molar refractivity (Wildman–Crippen MR) is 113 cm³/mol. The number of hydrogen-bond donors (Lipinski definition) is 2. The minimum absolute atomic E-state index is 0.0339. The second-order valence-electron chi connectivity index (χ2n) is 8.13. The number of nitrogens with one attached hydrogen (secondary N) is 2. The second-order valence-corrected chi connectivity index (χ2v) is 8.13. The van der Waals surface area contributed by atoms with Crippen LogP contribution in [0.5, 0.6) is 0 Å². The Hall–Kier alpha value is -2.33. The normalized spacial score (nSPS) is 15.7. The number of pyridine rings is 1. The average Bonchev–Trinajstić information content (AvgIpc) is 3.05. The van der Waals surface area contributed by atoms with Crippen molar-refractivity contribution in [1.82, 2.24) is 14.9 Å². The van der Waals surface area contributed by atoms with Crippen molar-refractivity contribution in [2.24, 2.45) is 7.05 Å². The van der Waals surface area contributed by atoms with E-state index in [-0.39, 0.29) is 5.56 Å². The zero-order valence-corrected chi connectivity index (χ0v) is 16.7. The molecule has 3 aromatic rings. The third kappa shape index (κ3) is 3.12. The van der Waals surface area contributed by atoms with Crippen LogP contribution in [0.25, 0.3) is 22.2 Å². The van der Waals surface area contributed by atoms with Crippen molar-refractivity contribution in [3.63, 3.8) is 0 Å². The summed E-state index contributed by atoms with van der Waals surface area (Å²) in [4.78, 5) is 15.6. The van der Waals surface area contributed by atoms with Crippen LogP contribution < -0.4 is 10.9 Å². The quantitative estimate of drug-likeness (QED) is 0.723. The Morgan fingerprint density at radius 3 is 2.56 bits per heavy atom. The van der Waals surface area contributed by atoms with Crippen LogP contribution in [0.3, 0.4) is 0 Å². The fraction of sp³-hybridized carbons (Fsp3) is 0.435. The number of piperidine rings is 1. The third-order valence-electron chi connectivity index (χ3n) is 6.14.